The zero-order valence-electron chi connectivity index (χ0n) is 14.0. The summed E-state index contributed by atoms with van der Waals surface area (Å²) in [5.74, 6) is 0.177. The van der Waals surface area contributed by atoms with Crippen LogP contribution in [0.3, 0.4) is 0 Å². The maximum absolute atomic E-state index is 11.4. The molecule has 0 unspecified atom stereocenters. The minimum absolute atomic E-state index is 0.177. The molecular formula is C18H23N3OS. The number of carbonyl (C=O) groups excluding carboxylic acids is 1. The molecule has 23 heavy (non-hydrogen) atoms. The highest BCUT2D eigenvalue weighted by molar-refractivity contribution is 7.09. The first-order chi connectivity index (χ1) is 11.0. The Balaban J connectivity index is 1.64. The number of thiazole rings is 1. The molecule has 0 atom stereocenters. The zero-order valence-corrected chi connectivity index (χ0v) is 14.8. The lowest BCUT2D eigenvalue weighted by Gasteiger charge is -2.33. The van der Waals surface area contributed by atoms with Crippen LogP contribution in [0.5, 0.6) is 0 Å². The van der Waals surface area contributed by atoms with Gasteiger partial charge in [-0.15, -0.1) is 11.3 Å². The molecule has 1 fully saturated rings. The number of rotatable bonds is 3. The van der Waals surface area contributed by atoms with Crippen molar-refractivity contribution >= 4 is 17.2 Å². The second-order valence-electron chi connectivity index (χ2n) is 6.21. The van der Waals surface area contributed by atoms with Crippen molar-refractivity contribution in [3.63, 3.8) is 0 Å². The minimum Gasteiger partial charge on any atom is -0.340 e. The summed E-state index contributed by atoms with van der Waals surface area (Å²) in [4.78, 5) is 20.5. The number of aryl methyl sites for hydroxylation is 2. The van der Waals surface area contributed by atoms with Gasteiger partial charge >= 0.3 is 0 Å². The van der Waals surface area contributed by atoms with E-state index in [0.717, 1.165) is 43.4 Å². The summed E-state index contributed by atoms with van der Waals surface area (Å²) in [6, 6.07) is 6.51. The van der Waals surface area contributed by atoms with Crippen molar-refractivity contribution in [2.24, 2.45) is 0 Å². The van der Waals surface area contributed by atoms with E-state index in [0.29, 0.717) is 0 Å². The largest absolute Gasteiger partial charge is 0.340 e. The number of piperazine rings is 1. The van der Waals surface area contributed by atoms with E-state index in [1.807, 2.05) is 4.90 Å². The van der Waals surface area contributed by atoms with Crippen LogP contribution in [-0.4, -0.2) is 46.9 Å². The fraction of sp³-hybridized carbons (Fsp3) is 0.444. The van der Waals surface area contributed by atoms with Gasteiger partial charge in [0.05, 0.1) is 12.2 Å². The Kier molecular flexibility index (Phi) is 4.78. The summed E-state index contributed by atoms with van der Waals surface area (Å²) in [5, 5.41) is 3.29. The smallest absolute Gasteiger partial charge is 0.219 e. The van der Waals surface area contributed by atoms with Crippen molar-refractivity contribution in [3.8, 4) is 11.3 Å². The average Bonchev–Trinajstić information content (AvgIpc) is 2.99. The molecule has 0 bridgehead atoms. The number of nitrogens with zero attached hydrogens (tertiary/aromatic N) is 3. The predicted octanol–water partition coefficient (Wildman–Crippen LogP) is 3.09. The fourth-order valence-corrected chi connectivity index (χ4v) is 3.67. The molecule has 2 aromatic rings. The lowest BCUT2D eigenvalue weighted by atomic mass is 10.1. The molecule has 0 aliphatic carbocycles. The van der Waals surface area contributed by atoms with Crippen molar-refractivity contribution in [1.82, 2.24) is 14.8 Å². The number of benzene rings is 1. The molecule has 5 heteroatoms. The van der Waals surface area contributed by atoms with Crippen LogP contribution in [0.15, 0.2) is 23.6 Å². The molecule has 4 nitrogen and oxygen atoms in total. The Morgan fingerprint density at radius 1 is 1.17 bits per heavy atom. The first-order valence-electron chi connectivity index (χ1n) is 8.03. The molecule has 0 N–H and O–H groups in total. The van der Waals surface area contributed by atoms with Gasteiger partial charge in [0.25, 0.3) is 0 Å². The summed E-state index contributed by atoms with van der Waals surface area (Å²) < 4.78 is 0. The molecule has 1 amide bonds. The summed E-state index contributed by atoms with van der Waals surface area (Å²) in [6.07, 6.45) is 0. The van der Waals surface area contributed by atoms with Gasteiger partial charge in [-0.3, -0.25) is 9.69 Å². The molecule has 0 saturated carbocycles. The molecule has 1 aromatic carbocycles. The topological polar surface area (TPSA) is 36.4 Å². The number of hydrogen-bond donors (Lipinski definition) is 0. The maximum atomic E-state index is 11.4. The van der Waals surface area contributed by atoms with Crippen LogP contribution in [0.1, 0.15) is 23.1 Å². The van der Waals surface area contributed by atoms with Crippen LogP contribution < -0.4 is 0 Å². The normalized spacial score (nSPS) is 15.9. The van der Waals surface area contributed by atoms with E-state index >= 15 is 0 Å². The first kappa shape index (κ1) is 16.1. The standard InChI is InChI=1S/C18H23N3OS/c1-13-4-5-16(10-14(13)2)17-12-23-18(19-17)11-20-6-8-21(9-7-20)15(3)22/h4-5,10,12H,6-9,11H2,1-3H3. The van der Waals surface area contributed by atoms with Crippen LogP contribution in [-0.2, 0) is 11.3 Å². The highest BCUT2D eigenvalue weighted by Gasteiger charge is 2.19. The third kappa shape index (κ3) is 3.79. The fourth-order valence-electron chi connectivity index (χ4n) is 2.83. The van der Waals surface area contributed by atoms with E-state index in [-0.39, 0.29) is 5.91 Å². The summed E-state index contributed by atoms with van der Waals surface area (Å²) in [6.45, 7) is 10.3. The van der Waals surface area contributed by atoms with Gasteiger partial charge in [-0.25, -0.2) is 4.98 Å². The summed E-state index contributed by atoms with van der Waals surface area (Å²) in [7, 11) is 0. The van der Waals surface area contributed by atoms with Gasteiger partial charge in [-0.2, -0.15) is 0 Å². The highest BCUT2D eigenvalue weighted by atomic mass is 32.1. The van der Waals surface area contributed by atoms with E-state index < -0.39 is 0 Å². The summed E-state index contributed by atoms with van der Waals surface area (Å²) >= 11 is 1.72. The van der Waals surface area contributed by atoms with Crippen molar-refractivity contribution in [2.75, 3.05) is 26.2 Å². The lowest BCUT2D eigenvalue weighted by molar-refractivity contribution is -0.130. The molecule has 1 aliphatic rings. The van der Waals surface area contributed by atoms with Crippen LogP contribution in [0.25, 0.3) is 11.3 Å². The van der Waals surface area contributed by atoms with Crippen LogP contribution in [0, 0.1) is 13.8 Å². The first-order valence-corrected chi connectivity index (χ1v) is 8.91. The van der Waals surface area contributed by atoms with Crippen LogP contribution in [0.4, 0.5) is 0 Å². The monoisotopic (exact) mass is 329 g/mol. The Labute approximate surface area is 141 Å². The molecule has 2 heterocycles. The van der Waals surface area contributed by atoms with Crippen molar-refractivity contribution in [2.45, 2.75) is 27.3 Å². The SMILES string of the molecule is CC(=O)N1CCN(Cc2nc(-c3ccc(C)c(C)c3)cs2)CC1. The number of amides is 1. The molecule has 0 radical (unpaired) electrons. The van der Waals surface area contributed by atoms with E-state index in [1.165, 1.54) is 16.7 Å². The quantitative estimate of drug-likeness (QED) is 0.868. The van der Waals surface area contributed by atoms with Crippen LogP contribution in [0.2, 0.25) is 0 Å². The van der Waals surface area contributed by atoms with Crippen molar-refractivity contribution in [1.29, 1.82) is 0 Å². The highest BCUT2D eigenvalue weighted by Crippen LogP contribution is 2.25. The Bertz CT molecular complexity index is 702. The van der Waals surface area contributed by atoms with Gasteiger partial charge in [0.15, 0.2) is 0 Å². The maximum Gasteiger partial charge on any atom is 0.219 e. The van der Waals surface area contributed by atoms with Gasteiger partial charge in [-0.05, 0) is 31.0 Å². The van der Waals surface area contributed by atoms with Crippen LogP contribution >= 0.6 is 11.3 Å². The molecule has 122 valence electrons. The van der Waals surface area contributed by atoms with Crippen molar-refractivity contribution < 1.29 is 4.79 Å². The van der Waals surface area contributed by atoms with E-state index in [4.69, 9.17) is 4.98 Å². The molecular weight excluding hydrogens is 306 g/mol. The van der Waals surface area contributed by atoms with Crippen molar-refractivity contribution in [3.05, 3.63) is 39.7 Å². The van der Waals surface area contributed by atoms with E-state index in [1.54, 1.807) is 18.3 Å². The van der Waals surface area contributed by atoms with Gasteiger partial charge in [-0.1, -0.05) is 12.1 Å². The van der Waals surface area contributed by atoms with Gasteiger partial charge in [0.2, 0.25) is 5.91 Å². The van der Waals surface area contributed by atoms with E-state index in [9.17, 15) is 4.79 Å². The summed E-state index contributed by atoms with van der Waals surface area (Å²) in [5.41, 5.74) is 4.87. The Morgan fingerprint density at radius 3 is 2.57 bits per heavy atom. The second kappa shape index (κ2) is 6.81. The molecule has 3 rings (SSSR count). The molecule has 0 spiro atoms. The third-order valence-corrected chi connectivity index (χ3v) is 5.36. The number of hydrogen-bond acceptors (Lipinski definition) is 4. The zero-order chi connectivity index (χ0) is 16.4. The number of carbonyl (C=O) groups is 1. The predicted molar refractivity (Wildman–Crippen MR) is 94.6 cm³/mol. The molecule has 1 saturated heterocycles. The minimum atomic E-state index is 0.177. The van der Waals surface area contributed by atoms with Gasteiger partial charge in [0, 0.05) is 44.0 Å². The second-order valence-corrected chi connectivity index (χ2v) is 7.15. The molecule has 1 aromatic heterocycles. The molecule has 1 aliphatic heterocycles. The average molecular weight is 329 g/mol. The number of aromatic nitrogens is 1. The lowest BCUT2D eigenvalue weighted by Crippen LogP contribution is -2.47. The Hall–Kier alpha value is -1.72. The van der Waals surface area contributed by atoms with Gasteiger partial charge < -0.3 is 4.90 Å². The van der Waals surface area contributed by atoms with E-state index in [2.05, 4.69) is 42.3 Å². The third-order valence-electron chi connectivity index (χ3n) is 4.53. The Morgan fingerprint density at radius 2 is 1.91 bits per heavy atom. The van der Waals surface area contributed by atoms with Gasteiger partial charge in [0.1, 0.15) is 5.01 Å².